The van der Waals surface area contributed by atoms with Crippen LogP contribution in [0.15, 0.2) is 24.3 Å². The molecule has 1 fully saturated rings. The van der Waals surface area contributed by atoms with Crippen molar-refractivity contribution < 1.29 is 13.3 Å². The number of benzene rings is 1. The summed E-state index contributed by atoms with van der Waals surface area (Å²) in [6, 6.07) is 5.79. The van der Waals surface area contributed by atoms with Gasteiger partial charge in [0.05, 0.1) is 10.7 Å². The number of non-ortho nitro benzene ring substituents is 1. The van der Waals surface area contributed by atoms with Crippen molar-refractivity contribution in [2.24, 2.45) is 0 Å². The summed E-state index contributed by atoms with van der Waals surface area (Å²) < 4.78 is 26.2. The van der Waals surface area contributed by atoms with Crippen molar-refractivity contribution in [2.45, 2.75) is 12.7 Å². The summed E-state index contributed by atoms with van der Waals surface area (Å²) >= 11 is 0. The Kier molecular flexibility index (Phi) is 4.92. The molecule has 0 N–H and O–H groups in total. The summed E-state index contributed by atoms with van der Waals surface area (Å²) in [6.45, 7) is 5.37. The van der Waals surface area contributed by atoms with Crippen LogP contribution >= 0.6 is 0 Å². The topological polar surface area (TPSA) is 83.8 Å². The number of nitrogens with zero attached hydrogens (tertiary/aromatic N) is 3. The van der Waals surface area contributed by atoms with Gasteiger partial charge in [-0.3, -0.25) is 10.1 Å². The monoisotopic (exact) mass is 313 g/mol. The summed E-state index contributed by atoms with van der Waals surface area (Å²) in [5, 5.41) is 10.7. The van der Waals surface area contributed by atoms with Crippen LogP contribution in [0, 0.1) is 10.1 Å². The number of rotatable bonds is 5. The van der Waals surface area contributed by atoms with E-state index < -0.39 is 14.9 Å². The van der Waals surface area contributed by atoms with E-state index in [1.54, 1.807) is 6.07 Å². The Bertz CT molecular complexity index is 610. The van der Waals surface area contributed by atoms with Gasteiger partial charge in [0.15, 0.2) is 0 Å². The van der Waals surface area contributed by atoms with Crippen LogP contribution < -0.4 is 0 Å². The summed E-state index contributed by atoms with van der Waals surface area (Å²) in [6.07, 6.45) is 0. The zero-order chi connectivity index (χ0) is 15.5. The van der Waals surface area contributed by atoms with Gasteiger partial charge in [-0.15, -0.1) is 0 Å². The molecule has 116 valence electrons. The number of likely N-dealkylation sites (N-methyl/N-ethyl adjacent to an activating group) is 1. The fraction of sp³-hybridized carbons (Fsp3) is 0.538. The molecule has 1 heterocycles. The highest BCUT2D eigenvalue weighted by molar-refractivity contribution is 7.88. The fourth-order valence-corrected chi connectivity index (χ4v) is 3.89. The van der Waals surface area contributed by atoms with Crippen LogP contribution in [0.2, 0.25) is 0 Å². The van der Waals surface area contributed by atoms with Crippen molar-refractivity contribution in [3.63, 3.8) is 0 Å². The molecule has 0 unspecified atom stereocenters. The molecule has 1 saturated heterocycles. The summed E-state index contributed by atoms with van der Waals surface area (Å²) in [5.41, 5.74) is 0.362. The molecule has 7 nitrogen and oxygen atoms in total. The van der Waals surface area contributed by atoms with Crippen LogP contribution in [0.1, 0.15) is 12.5 Å². The zero-order valence-corrected chi connectivity index (χ0v) is 12.8. The van der Waals surface area contributed by atoms with E-state index in [9.17, 15) is 18.5 Å². The molecule has 0 bridgehead atoms. The third-order valence-electron chi connectivity index (χ3n) is 3.64. The molecule has 0 spiro atoms. The van der Waals surface area contributed by atoms with E-state index in [0.717, 1.165) is 19.6 Å². The maximum Gasteiger partial charge on any atom is 0.269 e. The van der Waals surface area contributed by atoms with Crippen LogP contribution in [0.3, 0.4) is 0 Å². The third kappa shape index (κ3) is 3.99. The van der Waals surface area contributed by atoms with E-state index in [2.05, 4.69) is 4.90 Å². The van der Waals surface area contributed by atoms with Gasteiger partial charge in [0.25, 0.3) is 5.69 Å². The lowest BCUT2D eigenvalue weighted by molar-refractivity contribution is -0.384. The van der Waals surface area contributed by atoms with Crippen LogP contribution in [0.5, 0.6) is 0 Å². The molecule has 1 aliphatic rings. The van der Waals surface area contributed by atoms with E-state index in [4.69, 9.17) is 0 Å². The van der Waals surface area contributed by atoms with Crippen LogP contribution in [0.25, 0.3) is 0 Å². The van der Waals surface area contributed by atoms with Gasteiger partial charge in [-0.05, 0) is 12.1 Å². The number of nitro benzene ring substituents is 1. The second-order valence-corrected chi connectivity index (χ2v) is 6.99. The molecule has 1 aliphatic heterocycles. The maximum absolute atomic E-state index is 12.4. The summed E-state index contributed by atoms with van der Waals surface area (Å²) in [5.74, 6) is -0.194. The normalized spacial score (nSPS) is 17.8. The van der Waals surface area contributed by atoms with Gasteiger partial charge in [0.2, 0.25) is 10.0 Å². The highest BCUT2D eigenvalue weighted by atomic mass is 32.2. The standard InChI is InChI=1S/C13H19N3O4S/c1-2-14-6-8-15(9-7-14)21(19,20)11-12-4-3-5-13(10-12)16(17)18/h3-5,10H,2,6-9,11H2,1H3. The van der Waals surface area contributed by atoms with Crippen LogP contribution in [-0.4, -0.2) is 55.3 Å². The van der Waals surface area contributed by atoms with Gasteiger partial charge < -0.3 is 4.90 Å². The Balaban J connectivity index is 2.07. The van der Waals surface area contributed by atoms with Crippen molar-refractivity contribution in [1.82, 2.24) is 9.21 Å². The van der Waals surface area contributed by atoms with E-state index in [0.29, 0.717) is 18.7 Å². The molecule has 8 heteroatoms. The lowest BCUT2D eigenvalue weighted by atomic mass is 10.2. The molecule has 0 amide bonds. The lowest BCUT2D eigenvalue weighted by Crippen LogP contribution is -2.48. The van der Waals surface area contributed by atoms with E-state index in [1.807, 2.05) is 6.92 Å². The van der Waals surface area contributed by atoms with Gasteiger partial charge >= 0.3 is 0 Å². The second-order valence-electron chi connectivity index (χ2n) is 5.02. The predicted octanol–water partition coefficient (Wildman–Crippen LogP) is 1.06. The van der Waals surface area contributed by atoms with Crippen molar-refractivity contribution >= 4 is 15.7 Å². The Morgan fingerprint density at radius 1 is 1.24 bits per heavy atom. The van der Waals surface area contributed by atoms with Crippen LogP contribution in [-0.2, 0) is 15.8 Å². The van der Waals surface area contributed by atoms with Gasteiger partial charge in [-0.1, -0.05) is 19.1 Å². The van der Waals surface area contributed by atoms with Gasteiger partial charge in [-0.25, -0.2) is 8.42 Å². The minimum Gasteiger partial charge on any atom is -0.301 e. The number of hydrogen-bond donors (Lipinski definition) is 0. The molecular formula is C13H19N3O4S. The summed E-state index contributed by atoms with van der Waals surface area (Å²) in [7, 11) is -3.43. The molecular weight excluding hydrogens is 294 g/mol. The Morgan fingerprint density at radius 3 is 2.48 bits per heavy atom. The quantitative estimate of drug-likeness (QED) is 0.599. The second kappa shape index (κ2) is 6.50. The zero-order valence-electron chi connectivity index (χ0n) is 11.9. The smallest absolute Gasteiger partial charge is 0.269 e. The molecule has 0 atom stereocenters. The molecule has 1 aromatic carbocycles. The highest BCUT2D eigenvalue weighted by Gasteiger charge is 2.26. The fourth-order valence-electron chi connectivity index (χ4n) is 2.39. The molecule has 1 aromatic rings. The van der Waals surface area contributed by atoms with E-state index in [1.165, 1.54) is 22.5 Å². The largest absolute Gasteiger partial charge is 0.301 e. The van der Waals surface area contributed by atoms with E-state index >= 15 is 0 Å². The first-order chi connectivity index (χ1) is 9.92. The van der Waals surface area contributed by atoms with E-state index in [-0.39, 0.29) is 11.4 Å². The number of nitro groups is 1. The minimum atomic E-state index is -3.43. The first-order valence-electron chi connectivity index (χ1n) is 6.86. The van der Waals surface area contributed by atoms with Gasteiger partial charge in [-0.2, -0.15) is 4.31 Å². The number of sulfonamides is 1. The van der Waals surface area contributed by atoms with Crippen LogP contribution in [0.4, 0.5) is 5.69 Å². The Morgan fingerprint density at radius 2 is 1.90 bits per heavy atom. The summed E-state index contributed by atoms with van der Waals surface area (Å²) in [4.78, 5) is 12.4. The lowest BCUT2D eigenvalue weighted by Gasteiger charge is -2.33. The molecule has 0 aromatic heterocycles. The van der Waals surface area contributed by atoms with Crippen molar-refractivity contribution in [2.75, 3.05) is 32.7 Å². The number of hydrogen-bond acceptors (Lipinski definition) is 5. The van der Waals surface area contributed by atoms with Gasteiger partial charge in [0.1, 0.15) is 0 Å². The highest BCUT2D eigenvalue weighted by Crippen LogP contribution is 2.18. The molecule has 0 saturated carbocycles. The first kappa shape index (κ1) is 15.9. The van der Waals surface area contributed by atoms with Crippen molar-refractivity contribution in [3.05, 3.63) is 39.9 Å². The SMILES string of the molecule is CCN1CCN(S(=O)(=O)Cc2cccc([N+](=O)[O-])c2)CC1. The molecule has 21 heavy (non-hydrogen) atoms. The van der Waals surface area contributed by atoms with Crippen molar-refractivity contribution in [1.29, 1.82) is 0 Å². The first-order valence-corrected chi connectivity index (χ1v) is 8.47. The van der Waals surface area contributed by atoms with Crippen molar-refractivity contribution in [3.8, 4) is 0 Å². The minimum absolute atomic E-state index is 0.0847. The molecule has 0 radical (unpaired) electrons. The third-order valence-corrected chi connectivity index (χ3v) is 5.49. The average Bonchev–Trinajstić information content (AvgIpc) is 2.47. The number of piperazine rings is 1. The Hall–Kier alpha value is -1.51. The Labute approximate surface area is 124 Å². The molecule has 2 rings (SSSR count). The van der Waals surface area contributed by atoms with Gasteiger partial charge in [0, 0.05) is 38.3 Å². The average molecular weight is 313 g/mol. The predicted molar refractivity (Wildman–Crippen MR) is 79.4 cm³/mol. The maximum atomic E-state index is 12.4. The molecule has 0 aliphatic carbocycles.